The molecule has 1 unspecified atom stereocenters. The SMILES string of the molecule is COC(=O)CCN(CC1CCCO1)C(=O)C1CC=CC1. The first-order valence-electron chi connectivity index (χ1n) is 7.33. The molecule has 0 radical (unpaired) electrons. The highest BCUT2D eigenvalue weighted by Gasteiger charge is 2.28. The van der Waals surface area contributed by atoms with Crippen molar-refractivity contribution in [2.45, 2.75) is 38.2 Å². The third-order valence-corrected chi connectivity index (χ3v) is 3.93. The van der Waals surface area contributed by atoms with E-state index < -0.39 is 0 Å². The maximum atomic E-state index is 12.5. The van der Waals surface area contributed by atoms with Crippen molar-refractivity contribution in [1.82, 2.24) is 4.90 Å². The van der Waals surface area contributed by atoms with Crippen molar-refractivity contribution >= 4 is 11.9 Å². The molecular weight excluding hydrogens is 258 g/mol. The van der Waals surface area contributed by atoms with E-state index in [1.807, 2.05) is 12.2 Å². The van der Waals surface area contributed by atoms with E-state index in [2.05, 4.69) is 4.74 Å². The second-order valence-electron chi connectivity index (χ2n) is 5.39. The van der Waals surface area contributed by atoms with Crippen LogP contribution < -0.4 is 0 Å². The number of rotatable bonds is 6. The van der Waals surface area contributed by atoms with Gasteiger partial charge in [0.2, 0.25) is 5.91 Å². The predicted octanol–water partition coefficient (Wildman–Crippen LogP) is 1.52. The Kier molecular flexibility index (Phi) is 5.59. The molecule has 1 heterocycles. The minimum Gasteiger partial charge on any atom is -0.469 e. The molecule has 0 aromatic rings. The molecule has 1 saturated heterocycles. The maximum absolute atomic E-state index is 12.5. The summed E-state index contributed by atoms with van der Waals surface area (Å²) in [5.74, 6) is -0.108. The molecule has 1 fully saturated rings. The number of ether oxygens (including phenoxy) is 2. The van der Waals surface area contributed by atoms with Gasteiger partial charge in [0, 0.05) is 25.6 Å². The normalized spacial score (nSPS) is 22.1. The summed E-state index contributed by atoms with van der Waals surface area (Å²) in [6.07, 6.45) is 8.11. The predicted molar refractivity (Wildman–Crippen MR) is 74.1 cm³/mol. The lowest BCUT2D eigenvalue weighted by Crippen LogP contribution is -2.41. The van der Waals surface area contributed by atoms with E-state index in [0.29, 0.717) is 13.1 Å². The van der Waals surface area contributed by atoms with E-state index in [1.54, 1.807) is 4.90 Å². The van der Waals surface area contributed by atoms with Crippen LogP contribution in [-0.4, -0.2) is 49.7 Å². The van der Waals surface area contributed by atoms with Crippen molar-refractivity contribution in [1.29, 1.82) is 0 Å². The summed E-state index contributed by atoms with van der Waals surface area (Å²) in [6, 6.07) is 0. The molecule has 0 spiro atoms. The molecule has 0 N–H and O–H groups in total. The Morgan fingerprint density at radius 3 is 2.70 bits per heavy atom. The summed E-state index contributed by atoms with van der Waals surface area (Å²) in [6.45, 7) is 1.78. The molecule has 1 amide bonds. The van der Waals surface area contributed by atoms with Crippen LogP contribution in [0.1, 0.15) is 32.1 Å². The summed E-state index contributed by atoms with van der Waals surface area (Å²) >= 11 is 0. The summed E-state index contributed by atoms with van der Waals surface area (Å²) in [7, 11) is 1.37. The van der Waals surface area contributed by atoms with Gasteiger partial charge in [-0.1, -0.05) is 12.2 Å². The van der Waals surface area contributed by atoms with Gasteiger partial charge in [-0.2, -0.15) is 0 Å². The number of carbonyl (C=O) groups excluding carboxylic acids is 2. The molecule has 5 nitrogen and oxygen atoms in total. The minimum absolute atomic E-state index is 0.0362. The Hall–Kier alpha value is -1.36. The van der Waals surface area contributed by atoms with E-state index in [4.69, 9.17) is 4.74 Å². The van der Waals surface area contributed by atoms with E-state index in [-0.39, 0.29) is 30.3 Å². The molecule has 2 rings (SSSR count). The lowest BCUT2D eigenvalue weighted by molar-refractivity contribution is -0.143. The minimum atomic E-state index is -0.278. The number of hydrogen-bond donors (Lipinski definition) is 0. The summed E-state index contributed by atoms with van der Waals surface area (Å²) < 4.78 is 10.3. The van der Waals surface area contributed by atoms with Gasteiger partial charge < -0.3 is 14.4 Å². The van der Waals surface area contributed by atoms with Gasteiger partial charge in [0.1, 0.15) is 0 Å². The molecule has 2 aliphatic rings. The highest BCUT2D eigenvalue weighted by atomic mass is 16.5. The number of carbonyl (C=O) groups is 2. The molecule has 5 heteroatoms. The van der Waals surface area contributed by atoms with Gasteiger partial charge in [0.05, 0.1) is 19.6 Å². The fraction of sp³-hybridized carbons (Fsp3) is 0.733. The summed E-state index contributed by atoms with van der Waals surface area (Å²) in [4.78, 5) is 25.6. The van der Waals surface area contributed by atoms with Crippen molar-refractivity contribution < 1.29 is 19.1 Å². The topological polar surface area (TPSA) is 55.8 Å². The van der Waals surface area contributed by atoms with E-state index in [9.17, 15) is 9.59 Å². The maximum Gasteiger partial charge on any atom is 0.307 e. The Morgan fingerprint density at radius 1 is 1.35 bits per heavy atom. The highest BCUT2D eigenvalue weighted by Crippen LogP contribution is 2.22. The molecule has 0 aromatic carbocycles. The van der Waals surface area contributed by atoms with Crippen LogP contribution >= 0.6 is 0 Å². The zero-order valence-electron chi connectivity index (χ0n) is 12.0. The molecule has 1 aliphatic heterocycles. The van der Waals surface area contributed by atoms with Crippen molar-refractivity contribution in [2.24, 2.45) is 5.92 Å². The fourth-order valence-electron chi connectivity index (χ4n) is 2.73. The molecule has 1 aliphatic carbocycles. The van der Waals surface area contributed by atoms with Crippen molar-refractivity contribution in [3.05, 3.63) is 12.2 Å². The number of allylic oxidation sites excluding steroid dienone is 2. The number of esters is 1. The van der Waals surface area contributed by atoms with E-state index >= 15 is 0 Å². The van der Waals surface area contributed by atoms with Gasteiger partial charge in [-0.05, 0) is 25.7 Å². The van der Waals surface area contributed by atoms with Gasteiger partial charge in [0.15, 0.2) is 0 Å². The molecule has 0 saturated carbocycles. The van der Waals surface area contributed by atoms with Crippen LogP contribution in [0.25, 0.3) is 0 Å². The largest absolute Gasteiger partial charge is 0.469 e. The third kappa shape index (κ3) is 4.07. The van der Waals surface area contributed by atoms with E-state index in [1.165, 1.54) is 7.11 Å². The Labute approximate surface area is 119 Å². The van der Waals surface area contributed by atoms with Crippen LogP contribution in [0.2, 0.25) is 0 Å². The zero-order valence-corrected chi connectivity index (χ0v) is 12.0. The third-order valence-electron chi connectivity index (χ3n) is 3.93. The van der Waals surface area contributed by atoms with Crippen LogP contribution in [0.15, 0.2) is 12.2 Å². The number of amides is 1. The second kappa shape index (κ2) is 7.43. The smallest absolute Gasteiger partial charge is 0.307 e. The standard InChI is InChI=1S/C15H23NO4/c1-19-14(17)8-9-16(11-13-7-4-10-20-13)15(18)12-5-2-3-6-12/h2-3,12-13H,4-11H2,1H3. The van der Waals surface area contributed by atoms with Gasteiger partial charge in [-0.25, -0.2) is 0 Å². The Balaban J connectivity index is 1.90. The van der Waals surface area contributed by atoms with Gasteiger partial charge >= 0.3 is 5.97 Å². The lowest BCUT2D eigenvalue weighted by atomic mass is 10.0. The summed E-state index contributed by atoms with van der Waals surface area (Å²) in [5, 5.41) is 0. The Morgan fingerprint density at radius 2 is 2.10 bits per heavy atom. The van der Waals surface area contributed by atoms with Crippen LogP contribution in [0.3, 0.4) is 0 Å². The molecule has 0 aromatic heterocycles. The highest BCUT2D eigenvalue weighted by molar-refractivity contribution is 5.80. The lowest BCUT2D eigenvalue weighted by Gasteiger charge is -2.27. The van der Waals surface area contributed by atoms with Crippen LogP contribution in [-0.2, 0) is 19.1 Å². The molecule has 0 bridgehead atoms. The summed E-state index contributed by atoms with van der Waals surface area (Å²) in [5.41, 5.74) is 0. The second-order valence-corrected chi connectivity index (χ2v) is 5.39. The first-order chi connectivity index (χ1) is 9.70. The number of hydrogen-bond acceptors (Lipinski definition) is 4. The van der Waals surface area contributed by atoms with Gasteiger partial charge in [-0.3, -0.25) is 9.59 Å². The van der Waals surface area contributed by atoms with E-state index in [0.717, 1.165) is 32.3 Å². The Bertz CT molecular complexity index is 366. The molecular formula is C15H23NO4. The van der Waals surface area contributed by atoms with Crippen LogP contribution in [0.5, 0.6) is 0 Å². The van der Waals surface area contributed by atoms with Crippen LogP contribution in [0.4, 0.5) is 0 Å². The monoisotopic (exact) mass is 281 g/mol. The van der Waals surface area contributed by atoms with Gasteiger partial charge in [-0.15, -0.1) is 0 Å². The number of nitrogens with zero attached hydrogens (tertiary/aromatic N) is 1. The van der Waals surface area contributed by atoms with Crippen molar-refractivity contribution in [3.63, 3.8) is 0 Å². The quantitative estimate of drug-likeness (QED) is 0.547. The average Bonchev–Trinajstić information content (AvgIpc) is 3.14. The average molecular weight is 281 g/mol. The van der Waals surface area contributed by atoms with Crippen molar-refractivity contribution in [3.8, 4) is 0 Å². The number of methoxy groups -OCH3 is 1. The first kappa shape index (κ1) is 15.0. The first-order valence-corrected chi connectivity index (χ1v) is 7.33. The fourth-order valence-corrected chi connectivity index (χ4v) is 2.73. The van der Waals surface area contributed by atoms with Gasteiger partial charge in [0.25, 0.3) is 0 Å². The van der Waals surface area contributed by atoms with Crippen LogP contribution in [0, 0.1) is 5.92 Å². The zero-order chi connectivity index (χ0) is 14.4. The molecule has 1 atom stereocenters. The molecule has 20 heavy (non-hydrogen) atoms. The molecule has 112 valence electrons. The van der Waals surface area contributed by atoms with Crippen molar-refractivity contribution in [2.75, 3.05) is 26.8 Å².